The summed E-state index contributed by atoms with van der Waals surface area (Å²) in [7, 11) is 1.59. The molecule has 1 aliphatic rings. The zero-order valence-corrected chi connectivity index (χ0v) is 11.5. The Morgan fingerprint density at radius 2 is 2.22 bits per heavy atom. The van der Waals surface area contributed by atoms with Gasteiger partial charge < -0.3 is 9.84 Å². The van der Waals surface area contributed by atoms with Crippen molar-refractivity contribution in [3.63, 3.8) is 0 Å². The van der Waals surface area contributed by atoms with Gasteiger partial charge >= 0.3 is 0 Å². The molecule has 18 heavy (non-hydrogen) atoms. The van der Waals surface area contributed by atoms with Gasteiger partial charge in [0.25, 0.3) is 0 Å². The van der Waals surface area contributed by atoms with Crippen LogP contribution in [0.4, 0.5) is 0 Å². The summed E-state index contributed by atoms with van der Waals surface area (Å²) < 4.78 is 5.16. The first-order valence-corrected chi connectivity index (χ1v) is 6.71. The topological polar surface area (TPSA) is 32.7 Å². The second kappa shape index (κ2) is 5.61. The fourth-order valence-corrected chi connectivity index (χ4v) is 2.86. The van der Waals surface area contributed by atoms with Crippen LogP contribution in [0.15, 0.2) is 18.2 Å². The maximum absolute atomic E-state index is 9.60. The van der Waals surface area contributed by atoms with Gasteiger partial charge in [0.05, 0.1) is 7.11 Å². The average Bonchev–Trinajstić information content (AvgIpc) is 2.80. The average molecular weight is 249 g/mol. The molecule has 1 atom stereocenters. The molecule has 0 bridgehead atoms. The van der Waals surface area contributed by atoms with Crippen LogP contribution >= 0.6 is 0 Å². The third kappa shape index (κ3) is 2.78. The molecule has 100 valence electrons. The van der Waals surface area contributed by atoms with E-state index in [-0.39, 0.29) is 5.75 Å². The Labute approximate surface area is 109 Å². The van der Waals surface area contributed by atoms with Gasteiger partial charge in [-0.1, -0.05) is 19.9 Å². The number of benzene rings is 1. The molecule has 3 heteroatoms. The summed E-state index contributed by atoms with van der Waals surface area (Å²) in [5.41, 5.74) is 1.21. The monoisotopic (exact) mass is 249 g/mol. The third-order valence-corrected chi connectivity index (χ3v) is 3.81. The molecule has 1 N–H and O–H groups in total. The standard InChI is InChI=1S/C15H23NO2/c1-11(2)13-5-4-8-16(13)10-12-6-7-14(17)15(9-12)18-3/h6-7,9,11,13,17H,4-5,8,10H2,1-3H3. The maximum Gasteiger partial charge on any atom is 0.160 e. The number of likely N-dealkylation sites (tertiary alicyclic amines) is 1. The summed E-state index contributed by atoms with van der Waals surface area (Å²) in [6.45, 7) is 6.70. The first kappa shape index (κ1) is 13.2. The van der Waals surface area contributed by atoms with E-state index < -0.39 is 0 Å². The third-order valence-electron chi connectivity index (χ3n) is 3.81. The van der Waals surface area contributed by atoms with Crippen molar-refractivity contribution in [3.8, 4) is 11.5 Å². The molecule has 1 saturated heterocycles. The highest BCUT2D eigenvalue weighted by molar-refractivity contribution is 5.41. The van der Waals surface area contributed by atoms with Gasteiger partial charge in [0.15, 0.2) is 11.5 Å². The van der Waals surface area contributed by atoms with E-state index in [0.717, 1.165) is 6.54 Å². The molecule has 1 aromatic rings. The van der Waals surface area contributed by atoms with Crippen LogP contribution in [-0.4, -0.2) is 29.7 Å². The molecule has 0 spiro atoms. The molecule has 1 aliphatic heterocycles. The molecular weight excluding hydrogens is 226 g/mol. The molecule has 0 amide bonds. The van der Waals surface area contributed by atoms with Crippen LogP contribution < -0.4 is 4.74 Å². The predicted molar refractivity (Wildman–Crippen MR) is 72.9 cm³/mol. The number of ether oxygens (including phenoxy) is 1. The summed E-state index contributed by atoms with van der Waals surface area (Å²) >= 11 is 0. The Bertz CT molecular complexity index is 403. The summed E-state index contributed by atoms with van der Waals surface area (Å²) in [6, 6.07) is 6.32. The Kier molecular flexibility index (Phi) is 4.12. The van der Waals surface area contributed by atoms with E-state index in [2.05, 4.69) is 18.7 Å². The first-order chi connectivity index (χ1) is 8.61. The van der Waals surface area contributed by atoms with E-state index in [0.29, 0.717) is 17.7 Å². The van der Waals surface area contributed by atoms with E-state index in [1.165, 1.54) is 24.9 Å². The normalized spacial score (nSPS) is 20.6. The van der Waals surface area contributed by atoms with E-state index >= 15 is 0 Å². The van der Waals surface area contributed by atoms with Gasteiger partial charge in [-0.2, -0.15) is 0 Å². The van der Waals surface area contributed by atoms with Crippen LogP contribution in [0.2, 0.25) is 0 Å². The zero-order valence-electron chi connectivity index (χ0n) is 11.5. The van der Waals surface area contributed by atoms with Crippen LogP contribution in [0.3, 0.4) is 0 Å². The molecule has 0 aliphatic carbocycles. The second-order valence-electron chi connectivity index (χ2n) is 5.43. The molecule has 1 fully saturated rings. The fraction of sp³-hybridized carbons (Fsp3) is 0.600. The van der Waals surface area contributed by atoms with E-state index in [1.807, 2.05) is 12.1 Å². The van der Waals surface area contributed by atoms with E-state index in [1.54, 1.807) is 13.2 Å². The fourth-order valence-electron chi connectivity index (χ4n) is 2.86. The molecule has 0 saturated carbocycles. The van der Waals surface area contributed by atoms with Gasteiger partial charge in [0.1, 0.15) is 0 Å². The number of rotatable bonds is 4. The predicted octanol–water partition coefficient (Wildman–Crippen LogP) is 3.02. The van der Waals surface area contributed by atoms with Crippen molar-refractivity contribution in [2.75, 3.05) is 13.7 Å². The van der Waals surface area contributed by atoms with E-state index in [9.17, 15) is 5.11 Å². The van der Waals surface area contributed by atoms with Crippen LogP contribution in [0.5, 0.6) is 11.5 Å². The number of hydrogen-bond donors (Lipinski definition) is 1. The number of hydrogen-bond acceptors (Lipinski definition) is 3. The highest BCUT2D eigenvalue weighted by Crippen LogP contribution is 2.29. The number of phenolic OH excluding ortho intramolecular Hbond substituents is 1. The highest BCUT2D eigenvalue weighted by Gasteiger charge is 2.26. The number of aromatic hydroxyl groups is 1. The lowest BCUT2D eigenvalue weighted by Gasteiger charge is -2.27. The second-order valence-corrected chi connectivity index (χ2v) is 5.43. The first-order valence-electron chi connectivity index (χ1n) is 6.71. The molecule has 0 radical (unpaired) electrons. The van der Waals surface area contributed by atoms with Crippen molar-refractivity contribution in [3.05, 3.63) is 23.8 Å². The summed E-state index contributed by atoms with van der Waals surface area (Å²) in [5, 5.41) is 9.60. The van der Waals surface area contributed by atoms with Gasteiger partial charge in [-0.05, 0) is 43.0 Å². The Balaban J connectivity index is 2.09. The molecule has 1 unspecified atom stereocenters. The van der Waals surface area contributed by atoms with Gasteiger partial charge in [0, 0.05) is 12.6 Å². The molecule has 3 nitrogen and oxygen atoms in total. The van der Waals surface area contributed by atoms with Crippen LogP contribution in [0.25, 0.3) is 0 Å². The molecule has 0 aromatic heterocycles. The Morgan fingerprint density at radius 1 is 1.44 bits per heavy atom. The smallest absolute Gasteiger partial charge is 0.160 e. The van der Waals surface area contributed by atoms with Gasteiger partial charge in [-0.3, -0.25) is 4.90 Å². The van der Waals surface area contributed by atoms with Gasteiger partial charge in [0.2, 0.25) is 0 Å². The lowest BCUT2D eigenvalue weighted by atomic mass is 10.0. The quantitative estimate of drug-likeness (QED) is 0.890. The van der Waals surface area contributed by atoms with Crippen molar-refractivity contribution in [2.45, 2.75) is 39.3 Å². The molecular formula is C15H23NO2. The lowest BCUT2D eigenvalue weighted by molar-refractivity contribution is 0.198. The lowest BCUT2D eigenvalue weighted by Crippen LogP contribution is -2.32. The summed E-state index contributed by atoms with van der Waals surface area (Å²) in [5.74, 6) is 1.47. The maximum atomic E-state index is 9.60. The van der Waals surface area contributed by atoms with Gasteiger partial charge in [-0.25, -0.2) is 0 Å². The number of nitrogens with zero attached hydrogens (tertiary/aromatic N) is 1. The minimum absolute atomic E-state index is 0.211. The van der Waals surface area contributed by atoms with Crippen molar-refractivity contribution in [1.29, 1.82) is 0 Å². The minimum Gasteiger partial charge on any atom is -0.504 e. The molecule has 1 aromatic carbocycles. The minimum atomic E-state index is 0.211. The van der Waals surface area contributed by atoms with Crippen molar-refractivity contribution in [1.82, 2.24) is 4.90 Å². The van der Waals surface area contributed by atoms with Crippen molar-refractivity contribution in [2.24, 2.45) is 5.92 Å². The number of phenols is 1. The highest BCUT2D eigenvalue weighted by atomic mass is 16.5. The van der Waals surface area contributed by atoms with Crippen LogP contribution in [0.1, 0.15) is 32.3 Å². The van der Waals surface area contributed by atoms with Crippen LogP contribution in [0, 0.1) is 5.92 Å². The zero-order chi connectivity index (χ0) is 13.1. The Morgan fingerprint density at radius 3 is 2.89 bits per heavy atom. The molecule has 2 rings (SSSR count). The van der Waals surface area contributed by atoms with Crippen molar-refractivity contribution >= 4 is 0 Å². The Hall–Kier alpha value is -1.22. The van der Waals surface area contributed by atoms with Gasteiger partial charge in [-0.15, -0.1) is 0 Å². The summed E-state index contributed by atoms with van der Waals surface area (Å²) in [6.07, 6.45) is 2.59. The summed E-state index contributed by atoms with van der Waals surface area (Å²) in [4.78, 5) is 2.54. The van der Waals surface area contributed by atoms with Crippen molar-refractivity contribution < 1.29 is 9.84 Å². The van der Waals surface area contributed by atoms with Crippen LogP contribution in [-0.2, 0) is 6.54 Å². The number of methoxy groups -OCH3 is 1. The van der Waals surface area contributed by atoms with E-state index in [4.69, 9.17) is 4.74 Å². The SMILES string of the molecule is COc1cc(CN2CCCC2C(C)C)ccc1O. The molecule has 1 heterocycles. The largest absolute Gasteiger partial charge is 0.504 e.